The molecule has 1 saturated heterocycles. The van der Waals surface area contributed by atoms with Gasteiger partial charge in [-0.15, -0.1) is 0 Å². The molecule has 5 nitrogen and oxygen atoms in total. The zero-order valence-corrected chi connectivity index (χ0v) is 12.6. The first-order valence-electron chi connectivity index (χ1n) is 7.69. The highest BCUT2D eigenvalue weighted by Crippen LogP contribution is 2.27. The fourth-order valence-corrected chi connectivity index (χ4v) is 2.69. The summed E-state index contributed by atoms with van der Waals surface area (Å²) in [7, 11) is 0. The van der Waals surface area contributed by atoms with Crippen molar-refractivity contribution in [3.8, 4) is 5.88 Å². The molecule has 1 unspecified atom stereocenters. The molecular formula is C15H26N4O. The molecule has 0 aliphatic carbocycles. The van der Waals surface area contributed by atoms with Gasteiger partial charge in [-0.05, 0) is 45.6 Å². The Morgan fingerprint density at radius 2 is 2.30 bits per heavy atom. The number of nitrogens with zero attached hydrogens (tertiary/aromatic N) is 3. The third-order valence-electron chi connectivity index (χ3n) is 3.65. The molecule has 0 aromatic carbocycles. The van der Waals surface area contributed by atoms with Crippen LogP contribution in [-0.4, -0.2) is 35.7 Å². The molecule has 0 amide bonds. The van der Waals surface area contributed by atoms with Crippen molar-refractivity contribution in [3.63, 3.8) is 0 Å². The van der Waals surface area contributed by atoms with Crippen LogP contribution >= 0.6 is 0 Å². The van der Waals surface area contributed by atoms with Crippen molar-refractivity contribution in [1.82, 2.24) is 9.97 Å². The zero-order valence-electron chi connectivity index (χ0n) is 12.6. The second-order valence-corrected chi connectivity index (χ2v) is 5.42. The number of rotatable bonds is 7. The number of anilines is 1. The summed E-state index contributed by atoms with van der Waals surface area (Å²) in [6.45, 7) is 6.58. The maximum absolute atomic E-state index is 5.65. The Morgan fingerprint density at radius 1 is 1.45 bits per heavy atom. The number of aromatic nitrogens is 2. The maximum atomic E-state index is 5.65. The molecule has 1 aromatic rings. The van der Waals surface area contributed by atoms with Gasteiger partial charge in [0.2, 0.25) is 11.8 Å². The predicted molar refractivity (Wildman–Crippen MR) is 81.2 cm³/mol. The first-order valence-corrected chi connectivity index (χ1v) is 7.69. The predicted octanol–water partition coefficient (Wildman–Crippen LogP) is 2.28. The van der Waals surface area contributed by atoms with Gasteiger partial charge in [0.15, 0.2) is 0 Å². The van der Waals surface area contributed by atoms with E-state index in [1.807, 2.05) is 13.0 Å². The molecule has 1 aromatic heterocycles. The summed E-state index contributed by atoms with van der Waals surface area (Å²) in [6.07, 6.45) is 5.59. The van der Waals surface area contributed by atoms with Gasteiger partial charge in [-0.1, -0.05) is 6.92 Å². The van der Waals surface area contributed by atoms with Crippen molar-refractivity contribution in [2.45, 2.75) is 52.0 Å². The summed E-state index contributed by atoms with van der Waals surface area (Å²) in [5.41, 5.74) is 6.59. The van der Waals surface area contributed by atoms with Crippen LogP contribution in [0, 0.1) is 6.92 Å². The monoisotopic (exact) mass is 278 g/mol. The summed E-state index contributed by atoms with van der Waals surface area (Å²) >= 11 is 0. The zero-order chi connectivity index (χ0) is 14.4. The first-order chi connectivity index (χ1) is 9.74. The molecule has 1 atom stereocenters. The Bertz CT molecular complexity index is 424. The highest BCUT2D eigenvalue weighted by molar-refractivity contribution is 5.37. The smallest absolute Gasteiger partial charge is 0.229 e. The normalized spacial score (nSPS) is 18.6. The van der Waals surface area contributed by atoms with E-state index in [1.165, 1.54) is 12.8 Å². The van der Waals surface area contributed by atoms with E-state index in [2.05, 4.69) is 21.8 Å². The van der Waals surface area contributed by atoms with Gasteiger partial charge >= 0.3 is 0 Å². The van der Waals surface area contributed by atoms with Crippen LogP contribution in [0.5, 0.6) is 5.88 Å². The third-order valence-corrected chi connectivity index (χ3v) is 3.65. The van der Waals surface area contributed by atoms with Crippen molar-refractivity contribution in [2.75, 3.05) is 24.6 Å². The minimum Gasteiger partial charge on any atom is -0.478 e. The van der Waals surface area contributed by atoms with Crippen LogP contribution in [0.4, 0.5) is 5.95 Å². The third kappa shape index (κ3) is 3.82. The van der Waals surface area contributed by atoms with Crippen LogP contribution in [0.25, 0.3) is 0 Å². The highest BCUT2D eigenvalue weighted by Gasteiger charge is 2.26. The lowest BCUT2D eigenvalue weighted by molar-refractivity contribution is 0.304. The van der Waals surface area contributed by atoms with Crippen molar-refractivity contribution < 1.29 is 4.74 Å². The van der Waals surface area contributed by atoms with E-state index in [0.717, 1.165) is 44.0 Å². The molecule has 20 heavy (non-hydrogen) atoms. The molecule has 0 bridgehead atoms. The molecule has 0 spiro atoms. The Balaban J connectivity index is 2.11. The van der Waals surface area contributed by atoms with Gasteiger partial charge in [0.1, 0.15) is 0 Å². The van der Waals surface area contributed by atoms with Crippen molar-refractivity contribution in [2.24, 2.45) is 5.73 Å². The molecule has 2 heterocycles. The summed E-state index contributed by atoms with van der Waals surface area (Å²) in [5.74, 6) is 1.51. The molecule has 1 aliphatic rings. The molecule has 2 rings (SSSR count). The van der Waals surface area contributed by atoms with E-state index < -0.39 is 0 Å². The largest absolute Gasteiger partial charge is 0.478 e. The summed E-state index contributed by atoms with van der Waals surface area (Å²) in [4.78, 5) is 11.5. The van der Waals surface area contributed by atoms with Gasteiger partial charge < -0.3 is 15.4 Å². The van der Waals surface area contributed by atoms with E-state index >= 15 is 0 Å². The molecule has 5 heteroatoms. The summed E-state index contributed by atoms with van der Waals surface area (Å²) in [5, 5.41) is 0. The van der Waals surface area contributed by atoms with Gasteiger partial charge in [0, 0.05) is 24.3 Å². The minimum absolute atomic E-state index is 0.527. The first kappa shape index (κ1) is 15.0. The molecule has 2 N–H and O–H groups in total. The second kappa shape index (κ2) is 7.43. The number of hydrogen-bond donors (Lipinski definition) is 1. The fraction of sp³-hybridized carbons (Fsp3) is 0.733. The van der Waals surface area contributed by atoms with Gasteiger partial charge in [0.25, 0.3) is 0 Å². The Morgan fingerprint density at radius 3 is 3.05 bits per heavy atom. The maximum Gasteiger partial charge on any atom is 0.229 e. The van der Waals surface area contributed by atoms with Crippen LogP contribution in [-0.2, 0) is 0 Å². The average molecular weight is 278 g/mol. The van der Waals surface area contributed by atoms with E-state index in [1.54, 1.807) is 0 Å². The number of ether oxygens (including phenoxy) is 1. The van der Waals surface area contributed by atoms with Gasteiger partial charge in [-0.3, -0.25) is 0 Å². The van der Waals surface area contributed by atoms with Crippen LogP contribution in [0.3, 0.4) is 0 Å². The topological polar surface area (TPSA) is 64.3 Å². The lowest BCUT2D eigenvalue weighted by Gasteiger charge is -2.25. The van der Waals surface area contributed by atoms with E-state index in [0.29, 0.717) is 18.5 Å². The van der Waals surface area contributed by atoms with Crippen LogP contribution in [0.1, 0.15) is 44.7 Å². The molecule has 112 valence electrons. The Hall–Kier alpha value is -1.36. The standard InChI is InChI=1S/C15H26N4O/c1-3-10-20-14-11-12(2)17-15(18-14)19-9-5-7-13(19)6-4-8-16/h11,13H,3-10,16H2,1-2H3. The average Bonchev–Trinajstić information content (AvgIpc) is 2.90. The molecule has 1 aliphatic heterocycles. The lowest BCUT2D eigenvalue weighted by atomic mass is 10.1. The van der Waals surface area contributed by atoms with Crippen molar-refractivity contribution in [1.29, 1.82) is 0 Å². The quantitative estimate of drug-likeness (QED) is 0.829. The van der Waals surface area contributed by atoms with Gasteiger partial charge in [0.05, 0.1) is 6.61 Å². The minimum atomic E-state index is 0.527. The molecule has 0 saturated carbocycles. The molecule has 0 radical (unpaired) electrons. The number of nitrogens with two attached hydrogens (primary N) is 1. The number of aryl methyl sites for hydroxylation is 1. The van der Waals surface area contributed by atoms with Crippen LogP contribution in [0.15, 0.2) is 6.07 Å². The fourth-order valence-electron chi connectivity index (χ4n) is 2.69. The van der Waals surface area contributed by atoms with E-state index in [9.17, 15) is 0 Å². The SMILES string of the molecule is CCCOc1cc(C)nc(N2CCCC2CCCN)n1. The molecule has 1 fully saturated rings. The lowest BCUT2D eigenvalue weighted by Crippen LogP contribution is -2.31. The van der Waals surface area contributed by atoms with Crippen molar-refractivity contribution >= 4 is 5.95 Å². The second-order valence-electron chi connectivity index (χ2n) is 5.42. The Kier molecular flexibility index (Phi) is 5.59. The Labute approximate surface area is 121 Å². The van der Waals surface area contributed by atoms with Gasteiger partial charge in [-0.2, -0.15) is 4.98 Å². The number of hydrogen-bond acceptors (Lipinski definition) is 5. The summed E-state index contributed by atoms with van der Waals surface area (Å²) < 4.78 is 5.65. The van der Waals surface area contributed by atoms with Crippen molar-refractivity contribution in [3.05, 3.63) is 11.8 Å². The van der Waals surface area contributed by atoms with Gasteiger partial charge in [-0.25, -0.2) is 4.98 Å². The highest BCUT2D eigenvalue weighted by atomic mass is 16.5. The van der Waals surface area contributed by atoms with Crippen LogP contribution in [0.2, 0.25) is 0 Å². The van der Waals surface area contributed by atoms with E-state index in [-0.39, 0.29) is 0 Å². The van der Waals surface area contributed by atoms with E-state index in [4.69, 9.17) is 10.5 Å². The molecular weight excluding hydrogens is 252 g/mol. The van der Waals surface area contributed by atoms with Crippen LogP contribution < -0.4 is 15.4 Å². The summed E-state index contributed by atoms with van der Waals surface area (Å²) in [6, 6.07) is 2.43.